The minimum Gasteiger partial charge on any atom is -0.469 e. The minimum atomic E-state index is -1.04. The lowest BCUT2D eigenvalue weighted by Crippen LogP contribution is -2.41. The molecule has 0 radical (unpaired) electrons. The first-order valence-electron chi connectivity index (χ1n) is 10.8. The molecule has 1 atom stereocenters. The fourth-order valence-corrected chi connectivity index (χ4v) is 3.49. The monoisotopic (exact) mass is 498 g/mol. The Kier molecular flexibility index (Phi) is 8.04. The van der Waals surface area contributed by atoms with Crippen molar-refractivity contribution >= 4 is 40.7 Å². The van der Waals surface area contributed by atoms with Gasteiger partial charge >= 0.3 is 11.9 Å². The topological polar surface area (TPSA) is 190 Å². The normalized spacial score (nSPS) is 11.5. The van der Waals surface area contributed by atoms with E-state index < -0.39 is 23.9 Å². The minimum absolute atomic E-state index is 0.00812. The number of fused-ring (bicyclic) bond motifs is 1. The van der Waals surface area contributed by atoms with Crippen LogP contribution in [0.3, 0.4) is 0 Å². The third kappa shape index (κ3) is 6.05. The number of hydrogen-bond acceptors (Lipinski definition) is 9. The number of carbonyl (C=O) groups excluding carboxylic acids is 4. The number of carbonyl (C=O) groups is 4. The van der Waals surface area contributed by atoms with Crippen LogP contribution in [0, 0.1) is 0 Å². The van der Waals surface area contributed by atoms with Crippen LogP contribution in [-0.4, -0.2) is 70.9 Å². The lowest BCUT2D eigenvalue weighted by molar-refractivity contribution is -0.144. The van der Waals surface area contributed by atoms with E-state index in [1.165, 1.54) is 43.4 Å². The SMILES string of the molecule is COC(=O)CC[C@H](NC(=O)c1ccc(C(=O)N(C)Cc2cc3c(=O)[nH]c(N)nc3[nH]2)cc1)C(=O)OC. The van der Waals surface area contributed by atoms with Crippen molar-refractivity contribution in [3.8, 4) is 0 Å². The predicted octanol–water partition coefficient (Wildman–Crippen LogP) is 0.330. The molecular weight excluding hydrogens is 472 g/mol. The van der Waals surface area contributed by atoms with Crippen LogP contribution < -0.4 is 16.6 Å². The number of amides is 2. The van der Waals surface area contributed by atoms with Crippen LogP contribution in [0.4, 0.5) is 5.95 Å². The molecule has 0 saturated carbocycles. The Morgan fingerprint density at radius 3 is 2.39 bits per heavy atom. The molecule has 0 aliphatic carbocycles. The van der Waals surface area contributed by atoms with Gasteiger partial charge in [0.05, 0.1) is 26.2 Å². The third-order valence-electron chi connectivity index (χ3n) is 5.38. The Morgan fingerprint density at radius 1 is 1.08 bits per heavy atom. The second kappa shape index (κ2) is 11.2. The average Bonchev–Trinajstić information content (AvgIpc) is 3.27. The van der Waals surface area contributed by atoms with Gasteiger partial charge in [0.2, 0.25) is 5.95 Å². The van der Waals surface area contributed by atoms with Crippen molar-refractivity contribution in [1.29, 1.82) is 0 Å². The maximum absolute atomic E-state index is 12.9. The summed E-state index contributed by atoms with van der Waals surface area (Å²) in [5.74, 6) is -2.14. The van der Waals surface area contributed by atoms with E-state index in [0.29, 0.717) is 22.3 Å². The molecule has 0 bridgehead atoms. The number of anilines is 1. The van der Waals surface area contributed by atoms with E-state index in [0.717, 1.165) is 0 Å². The molecule has 1 aromatic carbocycles. The summed E-state index contributed by atoms with van der Waals surface area (Å²) in [6.07, 6.45) is -0.0707. The highest BCUT2D eigenvalue weighted by atomic mass is 16.5. The molecule has 0 spiro atoms. The number of nitrogens with one attached hydrogen (secondary N) is 3. The van der Waals surface area contributed by atoms with Crippen molar-refractivity contribution in [2.45, 2.75) is 25.4 Å². The molecule has 2 amide bonds. The lowest BCUT2D eigenvalue weighted by atomic mass is 10.1. The first-order chi connectivity index (χ1) is 17.1. The van der Waals surface area contributed by atoms with Gasteiger partial charge in [0.25, 0.3) is 17.4 Å². The molecular formula is C23H26N6O7. The zero-order valence-electron chi connectivity index (χ0n) is 19.9. The Labute approximate surface area is 205 Å². The van der Waals surface area contributed by atoms with E-state index in [1.807, 2.05) is 0 Å². The molecule has 190 valence electrons. The summed E-state index contributed by atoms with van der Waals surface area (Å²) in [7, 11) is 3.99. The predicted molar refractivity (Wildman–Crippen MR) is 128 cm³/mol. The maximum atomic E-state index is 12.9. The smallest absolute Gasteiger partial charge is 0.328 e. The highest BCUT2D eigenvalue weighted by molar-refractivity contribution is 5.99. The number of aromatic amines is 2. The molecule has 0 aliphatic rings. The number of benzene rings is 1. The second-order valence-corrected chi connectivity index (χ2v) is 7.91. The summed E-state index contributed by atoms with van der Waals surface area (Å²) in [6.45, 7) is 0.164. The number of esters is 2. The summed E-state index contributed by atoms with van der Waals surface area (Å²) >= 11 is 0. The van der Waals surface area contributed by atoms with E-state index in [9.17, 15) is 24.0 Å². The van der Waals surface area contributed by atoms with Crippen LogP contribution in [-0.2, 0) is 25.6 Å². The van der Waals surface area contributed by atoms with Crippen molar-refractivity contribution in [3.05, 3.63) is 57.5 Å². The van der Waals surface area contributed by atoms with Crippen molar-refractivity contribution in [3.63, 3.8) is 0 Å². The molecule has 5 N–H and O–H groups in total. The van der Waals surface area contributed by atoms with Gasteiger partial charge < -0.3 is 30.4 Å². The van der Waals surface area contributed by atoms with Gasteiger partial charge in [-0.2, -0.15) is 4.98 Å². The van der Waals surface area contributed by atoms with E-state index in [2.05, 4.69) is 29.7 Å². The molecule has 13 heteroatoms. The van der Waals surface area contributed by atoms with Gasteiger partial charge in [-0.15, -0.1) is 0 Å². The number of nitrogens with zero attached hydrogens (tertiary/aromatic N) is 2. The Hall–Kier alpha value is -4.68. The number of methoxy groups -OCH3 is 2. The number of aromatic nitrogens is 3. The quantitative estimate of drug-likeness (QED) is 0.301. The standard InChI is InChI=1S/C23H26N6O7/c1-29(11-14-10-15-18(25-14)27-23(24)28-20(15)32)21(33)13-6-4-12(5-7-13)19(31)26-16(22(34)36-3)8-9-17(30)35-2/h4-7,10,16H,8-9,11H2,1-3H3,(H,26,31)(H4,24,25,27,28,32)/t16-/m0/s1. The number of nitrogens with two attached hydrogens (primary N) is 1. The zero-order valence-corrected chi connectivity index (χ0v) is 19.9. The van der Waals surface area contributed by atoms with Crippen LogP contribution in [0.1, 0.15) is 39.3 Å². The number of nitrogen functional groups attached to an aromatic ring is 1. The Balaban J connectivity index is 1.66. The number of rotatable bonds is 9. The first kappa shape index (κ1) is 25.9. The van der Waals surface area contributed by atoms with Crippen molar-refractivity contribution in [1.82, 2.24) is 25.2 Å². The highest BCUT2D eigenvalue weighted by Crippen LogP contribution is 2.14. The van der Waals surface area contributed by atoms with Crippen LogP contribution in [0.5, 0.6) is 0 Å². The highest BCUT2D eigenvalue weighted by Gasteiger charge is 2.23. The number of hydrogen-bond donors (Lipinski definition) is 4. The van der Waals surface area contributed by atoms with Gasteiger partial charge in [-0.25, -0.2) is 4.79 Å². The van der Waals surface area contributed by atoms with Crippen LogP contribution in [0.2, 0.25) is 0 Å². The summed E-state index contributed by atoms with van der Waals surface area (Å²) in [4.78, 5) is 71.6. The molecule has 36 heavy (non-hydrogen) atoms. The molecule has 3 rings (SSSR count). The van der Waals surface area contributed by atoms with Crippen molar-refractivity contribution in [2.24, 2.45) is 0 Å². The summed E-state index contributed by atoms with van der Waals surface area (Å²) in [6, 6.07) is 6.40. The van der Waals surface area contributed by atoms with Gasteiger partial charge in [0.15, 0.2) is 0 Å². The summed E-state index contributed by atoms with van der Waals surface area (Å²) in [5, 5.41) is 2.85. The molecule has 2 aromatic heterocycles. The third-order valence-corrected chi connectivity index (χ3v) is 5.38. The van der Waals surface area contributed by atoms with Crippen LogP contribution >= 0.6 is 0 Å². The molecule has 3 aromatic rings. The lowest BCUT2D eigenvalue weighted by Gasteiger charge is -2.17. The van der Waals surface area contributed by atoms with Crippen LogP contribution in [0.25, 0.3) is 11.0 Å². The van der Waals surface area contributed by atoms with E-state index >= 15 is 0 Å². The molecule has 13 nitrogen and oxygen atoms in total. The van der Waals surface area contributed by atoms with Gasteiger partial charge in [-0.1, -0.05) is 0 Å². The number of ether oxygens (including phenoxy) is 2. The van der Waals surface area contributed by atoms with Crippen molar-refractivity contribution < 1.29 is 28.7 Å². The Bertz CT molecular complexity index is 1350. The van der Waals surface area contributed by atoms with E-state index in [-0.39, 0.29) is 42.4 Å². The average molecular weight is 498 g/mol. The fraction of sp³-hybridized carbons (Fsp3) is 0.304. The van der Waals surface area contributed by atoms with Gasteiger partial charge in [-0.05, 0) is 36.8 Å². The molecule has 0 aliphatic heterocycles. The number of H-pyrrole nitrogens is 2. The molecule has 0 saturated heterocycles. The van der Waals surface area contributed by atoms with Gasteiger partial charge in [0.1, 0.15) is 11.7 Å². The summed E-state index contributed by atoms with van der Waals surface area (Å²) < 4.78 is 9.24. The van der Waals surface area contributed by atoms with E-state index in [1.54, 1.807) is 13.1 Å². The maximum Gasteiger partial charge on any atom is 0.328 e. The Morgan fingerprint density at radius 2 is 1.75 bits per heavy atom. The van der Waals surface area contributed by atoms with Crippen LogP contribution in [0.15, 0.2) is 35.1 Å². The largest absolute Gasteiger partial charge is 0.469 e. The molecule has 2 heterocycles. The fourth-order valence-electron chi connectivity index (χ4n) is 3.49. The van der Waals surface area contributed by atoms with Gasteiger partial charge in [0, 0.05) is 30.3 Å². The van der Waals surface area contributed by atoms with Crippen molar-refractivity contribution in [2.75, 3.05) is 27.0 Å². The van der Waals surface area contributed by atoms with Gasteiger partial charge in [-0.3, -0.25) is 24.2 Å². The second-order valence-electron chi connectivity index (χ2n) is 7.91. The van der Waals surface area contributed by atoms with E-state index in [4.69, 9.17) is 5.73 Å². The first-order valence-corrected chi connectivity index (χ1v) is 10.8. The molecule has 0 unspecified atom stereocenters. The zero-order chi connectivity index (χ0) is 26.4. The summed E-state index contributed by atoms with van der Waals surface area (Å²) in [5.41, 5.74) is 6.60. The molecule has 0 fully saturated rings.